The Kier molecular flexibility index (Phi) is 9.52. The lowest BCUT2D eigenvalue weighted by molar-refractivity contribution is -0.162. The number of allylic oxidation sites excluding steroid dienone is 5. The summed E-state index contributed by atoms with van der Waals surface area (Å²) >= 11 is 0. The molecule has 250 valence electrons. The third-order valence-corrected chi connectivity index (χ3v) is 12.7. The zero-order chi connectivity index (χ0) is 33.6. The molecule has 6 heteroatoms. The molecule has 2 saturated carbocycles. The summed E-state index contributed by atoms with van der Waals surface area (Å²) in [6.07, 6.45) is 8.74. The highest BCUT2D eigenvalue weighted by Gasteiger charge is 2.58. The van der Waals surface area contributed by atoms with Gasteiger partial charge in [0.15, 0.2) is 0 Å². The third kappa shape index (κ3) is 5.79. The van der Waals surface area contributed by atoms with Crippen LogP contribution in [0.25, 0.3) is 0 Å². The molecule has 1 aromatic carbocycles. The maximum absolute atomic E-state index is 13.6. The molecule has 4 aliphatic rings. The van der Waals surface area contributed by atoms with Crippen LogP contribution in [0.5, 0.6) is 0 Å². The minimum Gasteiger partial charge on any atom is -0.469 e. The predicted molar refractivity (Wildman–Crippen MR) is 179 cm³/mol. The van der Waals surface area contributed by atoms with Crippen LogP contribution in [0, 0.1) is 39.9 Å². The molecule has 0 aliphatic heterocycles. The zero-order valence-corrected chi connectivity index (χ0v) is 29.5. The Labute approximate surface area is 276 Å². The standard InChI is InChI=1S/C40H54O6/c1-24-17-21-40(37(43)44-9)22-18-26(3)34(35(40)27(24)4)31(45-28(5)41)23-30-25(2)15-16-32-38(6,7)33(19-20-39(30,32)8)46-36(42)29-13-11-10-12-14-29/h10-14,23-24,27,32-33,35H,15-22H2,1-9H3/b31-23-/t24-,27+,32+,33+,35+,39-,40+/m1/s1. The lowest BCUT2D eigenvalue weighted by Gasteiger charge is -2.57. The smallest absolute Gasteiger partial charge is 0.338 e. The van der Waals surface area contributed by atoms with E-state index in [1.165, 1.54) is 30.8 Å². The lowest BCUT2D eigenvalue weighted by atomic mass is 9.49. The molecule has 1 aromatic rings. The number of esters is 3. The number of methoxy groups -OCH3 is 1. The second-order valence-electron chi connectivity index (χ2n) is 15.6. The van der Waals surface area contributed by atoms with Crippen LogP contribution in [0.4, 0.5) is 0 Å². The SMILES string of the molecule is COC(=O)[C@@]12CCC(C)=C(/C(=C/C3=C(C)CC[C@H]4C(C)(C)[C@@H](OC(=O)c5ccccc5)CC[C@]34C)OC(C)=O)[C@@H]1[C@@H](C)[C@H](C)CC2. The zero-order valence-electron chi connectivity index (χ0n) is 29.5. The molecule has 0 saturated heterocycles. The Balaban J connectivity index is 1.56. The summed E-state index contributed by atoms with van der Waals surface area (Å²) in [5, 5.41) is 0. The molecule has 0 aromatic heterocycles. The van der Waals surface area contributed by atoms with E-state index in [1.807, 2.05) is 18.2 Å². The van der Waals surface area contributed by atoms with Gasteiger partial charge in [0.1, 0.15) is 11.9 Å². The number of ether oxygens (including phenoxy) is 3. The quantitative estimate of drug-likeness (QED) is 0.177. The van der Waals surface area contributed by atoms with Gasteiger partial charge in [-0.2, -0.15) is 0 Å². The van der Waals surface area contributed by atoms with E-state index in [4.69, 9.17) is 14.2 Å². The van der Waals surface area contributed by atoms with Gasteiger partial charge in [0, 0.05) is 18.3 Å². The molecular formula is C40H54O6. The first-order chi connectivity index (χ1) is 21.7. The van der Waals surface area contributed by atoms with Crippen LogP contribution in [0.15, 0.2) is 64.5 Å². The van der Waals surface area contributed by atoms with Crippen LogP contribution >= 0.6 is 0 Å². The highest BCUT2D eigenvalue weighted by Crippen LogP contribution is 2.62. The van der Waals surface area contributed by atoms with E-state index in [0.717, 1.165) is 56.9 Å². The molecule has 0 spiro atoms. The Morgan fingerprint density at radius 2 is 1.59 bits per heavy atom. The van der Waals surface area contributed by atoms with Gasteiger partial charge in [-0.3, -0.25) is 9.59 Å². The number of rotatable bonds is 6. The first-order valence-corrected chi connectivity index (χ1v) is 17.3. The van der Waals surface area contributed by atoms with Crippen molar-refractivity contribution in [2.75, 3.05) is 7.11 Å². The topological polar surface area (TPSA) is 78.9 Å². The van der Waals surface area contributed by atoms with Crippen molar-refractivity contribution in [1.29, 1.82) is 0 Å². The average Bonchev–Trinajstić information content (AvgIpc) is 3.01. The number of hydrogen-bond acceptors (Lipinski definition) is 6. The fourth-order valence-corrected chi connectivity index (χ4v) is 10.0. The van der Waals surface area contributed by atoms with Gasteiger partial charge in [0.05, 0.1) is 18.1 Å². The molecule has 7 atom stereocenters. The van der Waals surface area contributed by atoms with E-state index >= 15 is 0 Å². The maximum Gasteiger partial charge on any atom is 0.338 e. The highest BCUT2D eigenvalue weighted by atomic mass is 16.5. The Morgan fingerprint density at radius 1 is 0.891 bits per heavy atom. The summed E-state index contributed by atoms with van der Waals surface area (Å²) in [5.74, 6) is 0.617. The van der Waals surface area contributed by atoms with Gasteiger partial charge in [-0.25, -0.2) is 4.79 Å². The third-order valence-electron chi connectivity index (χ3n) is 12.7. The molecule has 0 unspecified atom stereocenters. The number of benzene rings is 1. The molecule has 6 nitrogen and oxygen atoms in total. The number of fused-ring (bicyclic) bond motifs is 2. The fourth-order valence-electron chi connectivity index (χ4n) is 10.0. The monoisotopic (exact) mass is 630 g/mol. The van der Waals surface area contributed by atoms with Gasteiger partial charge in [-0.15, -0.1) is 0 Å². The van der Waals surface area contributed by atoms with E-state index in [9.17, 15) is 14.4 Å². The first-order valence-electron chi connectivity index (χ1n) is 17.3. The summed E-state index contributed by atoms with van der Waals surface area (Å²) in [7, 11) is 1.50. The molecule has 0 bridgehead atoms. The minimum atomic E-state index is -0.625. The van der Waals surface area contributed by atoms with Crippen molar-refractivity contribution < 1.29 is 28.6 Å². The van der Waals surface area contributed by atoms with E-state index in [0.29, 0.717) is 17.2 Å². The van der Waals surface area contributed by atoms with Gasteiger partial charge in [0.2, 0.25) is 0 Å². The molecule has 46 heavy (non-hydrogen) atoms. The molecular weight excluding hydrogens is 576 g/mol. The van der Waals surface area contributed by atoms with E-state index < -0.39 is 5.41 Å². The van der Waals surface area contributed by atoms with Crippen molar-refractivity contribution in [3.05, 3.63) is 70.0 Å². The molecule has 0 amide bonds. The number of carbonyl (C=O) groups excluding carboxylic acids is 3. The highest BCUT2D eigenvalue weighted by molar-refractivity contribution is 5.89. The van der Waals surface area contributed by atoms with Crippen molar-refractivity contribution >= 4 is 17.9 Å². The van der Waals surface area contributed by atoms with Crippen LogP contribution in [0.3, 0.4) is 0 Å². The molecule has 2 fully saturated rings. The Morgan fingerprint density at radius 3 is 2.24 bits per heavy atom. The van der Waals surface area contributed by atoms with E-state index in [1.54, 1.807) is 12.1 Å². The van der Waals surface area contributed by atoms with Crippen molar-refractivity contribution in [2.24, 2.45) is 39.9 Å². The van der Waals surface area contributed by atoms with Crippen LogP contribution in [-0.2, 0) is 23.8 Å². The van der Waals surface area contributed by atoms with Crippen molar-refractivity contribution in [2.45, 2.75) is 113 Å². The maximum atomic E-state index is 13.6. The van der Waals surface area contributed by atoms with Crippen LogP contribution in [0.2, 0.25) is 0 Å². The van der Waals surface area contributed by atoms with Crippen LogP contribution < -0.4 is 0 Å². The fraction of sp³-hybridized carbons (Fsp3) is 0.625. The summed E-state index contributed by atoms with van der Waals surface area (Å²) in [4.78, 5) is 39.5. The van der Waals surface area contributed by atoms with Crippen molar-refractivity contribution in [3.8, 4) is 0 Å². The van der Waals surface area contributed by atoms with Crippen molar-refractivity contribution in [1.82, 2.24) is 0 Å². The molecule has 0 N–H and O–H groups in total. The summed E-state index contributed by atoms with van der Waals surface area (Å²) in [6, 6.07) is 9.24. The van der Waals surface area contributed by atoms with Crippen LogP contribution in [-0.4, -0.2) is 31.1 Å². The lowest BCUT2D eigenvalue weighted by Crippen LogP contribution is -2.53. The van der Waals surface area contributed by atoms with Gasteiger partial charge >= 0.3 is 17.9 Å². The molecule has 4 aliphatic carbocycles. The largest absolute Gasteiger partial charge is 0.469 e. The number of hydrogen-bond donors (Lipinski definition) is 0. The van der Waals surface area contributed by atoms with Gasteiger partial charge in [0.25, 0.3) is 0 Å². The van der Waals surface area contributed by atoms with Gasteiger partial charge in [-0.1, -0.05) is 64.0 Å². The van der Waals surface area contributed by atoms with Gasteiger partial charge < -0.3 is 14.2 Å². The second-order valence-corrected chi connectivity index (χ2v) is 15.6. The molecule has 0 radical (unpaired) electrons. The molecule has 5 rings (SSSR count). The van der Waals surface area contributed by atoms with Crippen LogP contribution in [0.1, 0.15) is 117 Å². The Hall–Kier alpha value is -3.15. The normalized spacial score (nSPS) is 34.3. The minimum absolute atomic E-state index is 0.0966. The first kappa shape index (κ1) is 34.2. The molecule has 0 heterocycles. The van der Waals surface area contributed by atoms with Crippen molar-refractivity contribution in [3.63, 3.8) is 0 Å². The summed E-state index contributed by atoms with van der Waals surface area (Å²) in [6.45, 7) is 17.2. The summed E-state index contributed by atoms with van der Waals surface area (Å²) < 4.78 is 17.9. The average molecular weight is 631 g/mol. The predicted octanol–water partition coefficient (Wildman–Crippen LogP) is 9.16. The summed E-state index contributed by atoms with van der Waals surface area (Å²) in [5.41, 5.74) is 4.19. The van der Waals surface area contributed by atoms with E-state index in [2.05, 4.69) is 54.5 Å². The Bertz CT molecular complexity index is 1460. The van der Waals surface area contributed by atoms with E-state index in [-0.39, 0.29) is 52.6 Å². The second kappa shape index (κ2) is 12.8. The van der Waals surface area contributed by atoms with Gasteiger partial charge in [-0.05, 0) is 118 Å². The number of carbonyl (C=O) groups is 3.